The molecule has 0 saturated heterocycles. The van der Waals surface area contributed by atoms with Crippen LogP contribution in [0.4, 0.5) is 0 Å². The van der Waals surface area contributed by atoms with Crippen molar-refractivity contribution in [1.82, 2.24) is 15.2 Å². The largest absolute Gasteiger partial charge is 0.481 e. The molecule has 0 unspecified atom stereocenters. The van der Waals surface area contributed by atoms with E-state index in [2.05, 4.69) is 15.2 Å². The highest BCUT2D eigenvalue weighted by atomic mass is 35.5. The number of aromatic amines is 1. The van der Waals surface area contributed by atoms with Gasteiger partial charge in [-0.15, -0.1) is 0 Å². The van der Waals surface area contributed by atoms with Crippen molar-refractivity contribution in [2.45, 2.75) is 9.79 Å². The van der Waals surface area contributed by atoms with Gasteiger partial charge in [0.1, 0.15) is 5.69 Å². The quantitative estimate of drug-likeness (QED) is 0.780. The summed E-state index contributed by atoms with van der Waals surface area (Å²) in [6.07, 6.45) is 3.62. The first-order valence-corrected chi connectivity index (χ1v) is 7.43. The Bertz CT molecular complexity index is 725. The summed E-state index contributed by atoms with van der Waals surface area (Å²) in [5, 5.41) is 7.93. The number of H-pyrrole nitrogens is 1. The van der Waals surface area contributed by atoms with Gasteiger partial charge in [-0.1, -0.05) is 23.4 Å². The summed E-state index contributed by atoms with van der Waals surface area (Å²) in [5.74, 6) is 0.584. The molecule has 0 bridgehead atoms. The number of ether oxygens (including phenoxy) is 1. The summed E-state index contributed by atoms with van der Waals surface area (Å²) in [6, 6.07) is 11.5. The van der Waals surface area contributed by atoms with E-state index < -0.39 is 0 Å². The Morgan fingerprint density at radius 2 is 1.95 bits per heavy atom. The zero-order valence-electron chi connectivity index (χ0n) is 11.2. The standard InChI is InChI=1S/C15H12ClN3OS/c1-20-14-7-2-10(8-17-14)15-13(9-18-19-15)21-12-5-3-11(16)4-6-12/h2-9H,1H3,(H,18,19). The average Bonchev–Trinajstić information content (AvgIpc) is 2.98. The third-order valence-electron chi connectivity index (χ3n) is 2.87. The highest BCUT2D eigenvalue weighted by molar-refractivity contribution is 7.99. The van der Waals surface area contributed by atoms with E-state index in [1.165, 1.54) is 0 Å². The van der Waals surface area contributed by atoms with Gasteiger partial charge >= 0.3 is 0 Å². The molecule has 0 aliphatic rings. The number of rotatable bonds is 4. The van der Waals surface area contributed by atoms with Gasteiger partial charge < -0.3 is 4.74 Å². The Morgan fingerprint density at radius 3 is 2.62 bits per heavy atom. The van der Waals surface area contributed by atoms with Gasteiger partial charge in [-0.2, -0.15) is 5.10 Å². The van der Waals surface area contributed by atoms with Crippen molar-refractivity contribution in [3.63, 3.8) is 0 Å². The lowest BCUT2D eigenvalue weighted by Crippen LogP contribution is -1.88. The van der Waals surface area contributed by atoms with E-state index in [1.54, 1.807) is 25.1 Å². The molecule has 0 radical (unpaired) electrons. The molecular formula is C15H12ClN3OS. The van der Waals surface area contributed by atoms with Gasteiger partial charge in [-0.25, -0.2) is 4.98 Å². The van der Waals surface area contributed by atoms with Crippen LogP contribution in [0.25, 0.3) is 11.3 Å². The molecule has 1 aromatic carbocycles. The van der Waals surface area contributed by atoms with Gasteiger partial charge in [0, 0.05) is 33.9 Å². The van der Waals surface area contributed by atoms with Gasteiger partial charge in [0.15, 0.2) is 0 Å². The van der Waals surface area contributed by atoms with E-state index in [4.69, 9.17) is 16.3 Å². The third kappa shape index (κ3) is 3.20. The Labute approximate surface area is 131 Å². The van der Waals surface area contributed by atoms with Crippen molar-refractivity contribution in [2.75, 3.05) is 7.11 Å². The van der Waals surface area contributed by atoms with E-state index in [-0.39, 0.29) is 0 Å². The van der Waals surface area contributed by atoms with Gasteiger partial charge in [0.05, 0.1) is 12.0 Å². The first kappa shape index (κ1) is 14.0. The fraction of sp³-hybridized carbons (Fsp3) is 0.0667. The molecule has 0 fully saturated rings. The normalized spacial score (nSPS) is 10.6. The lowest BCUT2D eigenvalue weighted by Gasteiger charge is -2.04. The minimum Gasteiger partial charge on any atom is -0.481 e. The zero-order chi connectivity index (χ0) is 14.7. The Hall–Kier alpha value is -1.98. The molecule has 0 aliphatic carbocycles. The minimum absolute atomic E-state index is 0.584. The SMILES string of the molecule is COc1ccc(-c2n[nH]cc2Sc2ccc(Cl)cc2)cn1. The minimum atomic E-state index is 0.584. The molecule has 2 aromatic heterocycles. The molecule has 1 N–H and O–H groups in total. The summed E-state index contributed by atoms with van der Waals surface area (Å²) in [7, 11) is 1.60. The highest BCUT2D eigenvalue weighted by Gasteiger charge is 2.10. The number of hydrogen-bond acceptors (Lipinski definition) is 4. The highest BCUT2D eigenvalue weighted by Crippen LogP contribution is 2.34. The van der Waals surface area contributed by atoms with Crippen molar-refractivity contribution in [3.8, 4) is 17.1 Å². The van der Waals surface area contributed by atoms with E-state index in [0.29, 0.717) is 5.88 Å². The molecule has 0 spiro atoms. The van der Waals surface area contributed by atoms with Gasteiger partial charge in [0.25, 0.3) is 0 Å². The lowest BCUT2D eigenvalue weighted by atomic mass is 10.2. The molecule has 4 nitrogen and oxygen atoms in total. The maximum atomic E-state index is 5.90. The van der Waals surface area contributed by atoms with Gasteiger partial charge in [-0.3, -0.25) is 5.10 Å². The van der Waals surface area contributed by atoms with E-state index in [0.717, 1.165) is 26.1 Å². The van der Waals surface area contributed by atoms with Crippen LogP contribution >= 0.6 is 23.4 Å². The van der Waals surface area contributed by atoms with Crippen molar-refractivity contribution in [1.29, 1.82) is 0 Å². The summed E-state index contributed by atoms with van der Waals surface area (Å²) in [4.78, 5) is 6.34. The van der Waals surface area contributed by atoms with Crippen LogP contribution in [0.3, 0.4) is 0 Å². The molecule has 106 valence electrons. The fourth-order valence-electron chi connectivity index (χ4n) is 1.83. The van der Waals surface area contributed by atoms with E-state index in [9.17, 15) is 0 Å². The first-order valence-electron chi connectivity index (χ1n) is 6.24. The van der Waals surface area contributed by atoms with Crippen molar-refractivity contribution < 1.29 is 4.74 Å². The van der Waals surface area contributed by atoms with Crippen LogP contribution in [0.1, 0.15) is 0 Å². The number of aromatic nitrogens is 3. The van der Waals surface area contributed by atoms with Gasteiger partial charge in [0.2, 0.25) is 5.88 Å². The maximum absolute atomic E-state index is 5.90. The van der Waals surface area contributed by atoms with Crippen LogP contribution < -0.4 is 4.74 Å². The number of nitrogens with zero attached hydrogens (tertiary/aromatic N) is 2. The number of pyridine rings is 1. The predicted molar refractivity (Wildman–Crippen MR) is 83.9 cm³/mol. The predicted octanol–water partition coefficient (Wildman–Crippen LogP) is 4.28. The summed E-state index contributed by atoms with van der Waals surface area (Å²) in [5.41, 5.74) is 1.80. The lowest BCUT2D eigenvalue weighted by molar-refractivity contribution is 0.398. The molecule has 6 heteroatoms. The van der Waals surface area contributed by atoms with E-state index in [1.807, 2.05) is 42.6 Å². The maximum Gasteiger partial charge on any atom is 0.212 e. The Kier molecular flexibility index (Phi) is 4.13. The zero-order valence-corrected chi connectivity index (χ0v) is 12.8. The average molecular weight is 318 g/mol. The Morgan fingerprint density at radius 1 is 1.14 bits per heavy atom. The smallest absolute Gasteiger partial charge is 0.212 e. The second-order valence-electron chi connectivity index (χ2n) is 4.24. The summed E-state index contributed by atoms with van der Waals surface area (Å²) in [6.45, 7) is 0. The molecular weight excluding hydrogens is 306 g/mol. The molecule has 0 atom stereocenters. The van der Waals surface area contributed by atoms with Crippen LogP contribution in [0.15, 0.2) is 58.6 Å². The van der Waals surface area contributed by atoms with Crippen LogP contribution in [0, 0.1) is 0 Å². The van der Waals surface area contributed by atoms with Crippen LogP contribution in [0.5, 0.6) is 5.88 Å². The molecule has 0 aliphatic heterocycles. The number of nitrogens with one attached hydrogen (secondary N) is 1. The van der Waals surface area contributed by atoms with Crippen molar-refractivity contribution in [2.24, 2.45) is 0 Å². The van der Waals surface area contributed by atoms with Gasteiger partial charge in [-0.05, 0) is 30.3 Å². The number of benzene rings is 1. The molecule has 21 heavy (non-hydrogen) atoms. The topological polar surface area (TPSA) is 50.8 Å². The molecule has 0 saturated carbocycles. The summed E-state index contributed by atoms with van der Waals surface area (Å²) >= 11 is 7.52. The van der Waals surface area contributed by atoms with E-state index >= 15 is 0 Å². The van der Waals surface area contributed by atoms with Crippen LogP contribution in [-0.2, 0) is 0 Å². The molecule has 3 aromatic rings. The van der Waals surface area contributed by atoms with Crippen molar-refractivity contribution >= 4 is 23.4 Å². The number of hydrogen-bond donors (Lipinski definition) is 1. The summed E-state index contributed by atoms with van der Waals surface area (Å²) < 4.78 is 5.07. The Balaban J connectivity index is 1.87. The van der Waals surface area contributed by atoms with Crippen molar-refractivity contribution in [3.05, 3.63) is 53.8 Å². The fourth-order valence-corrected chi connectivity index (χ4v) is 2.86. The molecule has 0 amide bonds. The first-order chi connectivity index (χ1) is 10.3. The number of methoxy groups -OCH3 is 1. The van der Waals surface area contributed by atoms with Crippen LogP contribution in [0.2, 0.25) is 5.02 Å². The monoisotopic (exact) mass is 317 g/mol. The third-order valence-corrected chi connectivity index (χ3v) is 4.16. The number of halogens is 1. The molecule has 3 rings (SSSR count). The second-order valence-corrected chi connectivity index (χ2v) is 5.80. The van der Waals surface area contributed by atoms with Crippen LogP contribution in [-0.4, -0.2) is 22.3 Å². The second kappa shape index (κ2) is 6.20. The molecule has 2 heterocycles.